The Bertz CT molecular complexity index is 640. The van der Waals surface area contributed by atoms with Crippen molar-refractivity contribution in [1.82, 2.24) is 0 Å². The summed E-state index contributed by atoms with van der Waals surface area (Å²) in [4.78, 5) is 12.1. The highest BCUT2D eigenvalue weighted by Gasteiger charge is 2.10. The molecule has 0 spiro atoms. The van der Waals surface area contributed by atoms with Gasteiger partial charge in [-0.3, -0.25) is 4.79 Å². The van der Waals surface area contributed by atoms with Crippen molar-refractivity contribution in [2.45, 2.75) is 13.8 Å². The van der Waals surface area contributed by atoms with Gasteiger partial charge in [-0.15, -0.1) is 0 Å². The second-order valence-electron chi connectivity index (χ2n) is 4.40. The molecule has 1 amide bonds. The van der Waals surface area contributed by atoms with Crippen molar-refractivity contribution in [2.24, 2.45) is 0 Å². The van der Waals surface area contributed by atoms with Crippen molar-refractivity contribution in [3.8, 4) is 0 Å². The molecular weight excluding hydrogens is 309 g/mol. The molecule has 2 nitrogen and oxygen atoms in total. The summed E-state index contributed by atoms with van der Waals surface area (Å²) in [7, 11) is 0. The summed E-state index contributed by atoms with van der Waals surface area (Å²) in [5.74, 6) is -0.555. The summed E-state index contributed by atoms with van der Waals surface area (Å²) >= 11 is 3.09. The van der Waals surface area contributed by atoms with Crippen molar-refractivity contribution >= 4 is 27.5 Å². The fourth-order valence-corrected chi connectivity index (χ4v) is 2.22. The summed E-state index contributed by atoms with van der Waals surface area (Å²) in [6.07, 6.45) is 0. The Hall–Kier alpha value is -1.68. The second-order valence-corrected chi connectivity index (χ2v) is 5.26. The molecule has 2 aromatic rings. The molecule has 0 aliphatic carbocycles. The van der Waals surface area contributed by atoms with Gasteiger partial charge in [-0.1, -0.05) is 17.7 Å². The number of aryl methyl sites for hydroxylation is 2. The molecule has 98 valence electrons. The maximum Gasteiger partial charge on any atom is 0.255 e. The maximum absolute atomic E-state index is 13.1. The lowest BCUT2D eigenvalue weighted by molar-refractivity contribution is 0.102. The normalized spacial score (nSPS) is 10.3. The first-order valence-electron chi connectivity index (χ1n) is 5.81. The summed E-state index contributed by atoms with van der Waals surface area (Å²) in [6.45, 7) is 3.87. The van der Waals surface area contributed by atoms with Gasteiger partial charge in [0.05, 0.1) is 4.47 Å². The minimum absolute atomic E-state index is 0.198. The van der Waals surface area contributed by atoms with E-state index in [-0.39, 0.29) is 11.7 Å². The highest BCUT2D eigenvalue weighted by molar-refractivity contribution is 9.10. The van der Waals surface area contributed by atoms with Gasteiger partial charge in [-0.25, -0.2) is 4.39 Å². The fourth-order valence-electron chi connectivity index (χ4n) is 1.84. The number of anilines is 1. The molecule has 0 saturated heterocycles. The molecular formula is C15H13BrFNO. The zero-order valence-electron chi connectivity index (χ0n) is 10.6. The lowest BCUT2D eigenvalue weighted by Crippen LogP contribution is -2.13. The standard InChI is InChI=1S/C15H13BrFNO/c1-9-3-5-12(10(2)7-9)15(19)18-11-4-6-14(17)13(16)8-11/h3-8H,1-2H3,(H,18,19). The molecule has 0 atom stereocenters. The lowest BCUT2D eigenvalue weighted by atomic mass is 10.1. The lowest BCUT2D eigenvalue weighted by Gasteiger charge is -2.09. The number of hydrogen-bond donors (Lipinski definition) is 1. The summed E-state index contributed by atoms with van der Waals surface area (Å²) in [5, 5.41) is 2.75. The number of halogens is 2. The molecule has 2 aromatic carbocycles. The van der Waals surface area contributed by atoms with Crippen LogP contribution in [0.5, 0.6) is 0 Å². The molecule has 1 N–H and O–H groups in total. The van der Waals surface area contributed by atoms with Crippen molar-refractivity contribution in [2.75, 3.05) is 5.32 Å². The molecule has 2 rings (SSSR count). The Balaban J connectivity index is 2.23. The first-order valence-corrected chi connectivity index (χ1v) is 6.60. The number of benzene rings is 2. The minimum atomic E-state index is -0.357. The van der Waals surface area contributed by atoms with E-state index in [4.69, 9.17) is 0 Å². The Kier molecular flexibility index (Phi) is 4.00. The summed E-state index contributed by atoms with van der Waals surface area (Å²) in [5.41, 5.74) is 3.20. The first-order chi connectivity index (χ1) is 8.97. The number of amides is 1. The van der Waals surface area contributed by atoms with Crippen LogP contribution in [-0.2, 0) is 0 Å². The van der Waals surface area contributed by atoms with Gasteiger partial charge >= 0.3 is 0 Å². The first kappa shape index (κ1) is 13.7. The van der Waals surface area contributed by atoms with E-state index in [2.05, 4.69) is 21.2 Å². The molecule has 0 bridgehead atoms. The molecule has 0 aromatic heterocycles. The molecule has 0 unspecified atom stereocenters. The van der Waals surface area contributed by atoms with Crippen LogP contribution in [0.4, 0.5) is 10.1 Å². The number of carbonyl (C=O) groups is 1. The molecule has 0 heterocycles. The van der Waals surface area contributed by atoms with E-state index in [1.165, 1.54) is 18.2 Å². The van der Waals surface area contributed by atoms with Gasteiger partial charge < -0.3 is 5.32 Å². The topological polar surface area (TPSA) is 29.1 Å². The van der Waals surface area contributed by atoms with Gasteiger partial charge in [0.25, 0.3) is 5.91 Å². The van der Waals surface area contributed by atoms with Gasteiger partial charge in [-0.2, -0.15) is 0 Å². The van der Waals surface area contributed by atoms with E-state index < -0.39 is 0 Å². The maximum atomic E-state index is 13.1. The van der Waals surface area contributed by atoms with E-state index in [0.717, 1.165) is 11.1 Å². The van der Waals surface area contributed by atoms with Crippen LogP contribution in [0.15, 0.2) is 40.9 Å². The van der Waals surface area contributed by atoms with E-state index in [0.29, 0.717) is 15.7 Å². The third-order valence-electron chi connectivity index (χ3n) is 2.80. The summed E-state index contributed by atoms with van der Waals surface area (Å²) < 4.78 is 13.4. The Labute approximate surface area is 119 Å². The number of carbonyl (C=O) groups excluding carboxylic acids is 1. The number of hydrogen-bond acceptors (Lipinski definition) is 1. The molecule has 4 heteroatoms. The third kappa shape index (κ3) is 3.20. The van der Waals surface area contributed by atoms with Crippen molar-refractivity contribution in [3.63, 3.8) is 0 Å². The van der Waals surface area contributed by atoms with Crippen LogP contribution in [0.25, 0.3) is 0 Å². The van der Waals surface area contributed by atoms with E-state index in [1.807, 2.05) is 26.0 Å². The molecule has 0 fully saturated rings. The molecule has 0 radical (unpaired) electrons. The third-order valence-corrected chi connectivity index (χ3v) is 3.41. The van der Waals surface area contributed by atoms with Crippen molar-refractivity contribution in [3.05, 3.63) is 63.4 Å². The zero-order valence-corrected chi connectivity index (χ0v) is 12.2. The predicted octanol–water partition coefficient (Wildman–Crippen LogP) is 4.46. The second kappa shape index (κ2) is 5.53. The Morgan fingerprint density at radius 2 is 1.89 bits per heavy atom. The van der Waals surface area contributed by atoms with Gasteiger partial charge in [0.1, 0.15) is 5.82 Å². The van der Waals surface area contributed by atoms with Crippen molar-refractivity contribution < 1.29 is 9.18 Å². The van der Waals surface area contributed by atoms with Crippen LogP contribution >= 0.6 is 15.9 Å². The smallest absolute Gasteiger partial charge is 0.255 e. The molecule has 0 aliphatic rings. The number of nitrogens with one attached hydrogen (secondary N) is 1. The molecule has 19 heavy (non-hydrogen) atoms. The van der Waals surface area contributed by atoms with Gasteiger partial charge in [0, 0.05) is 11.3 Å². The van der Waals surface area contributed by atoms with Gasteiger partial charge in [0.15, 0.2) is 0 Å². The van der Waals surface area contributed by atoms with E-state index in [1.54, 1.807) is 6.07 Å². The number of rotatable bonds is 2. The zero-order chi connectivity index (χ0) is 14.0. The van der Waals surface area contributed by atoms with Gasteiger partial charge in [-0.05, 0) is 59.6 Å². The Morgan fingerprint density at radius 3 is 2.53 bits per heavy atom. The van der Waals surface area contributed by atoms with Crippen LogP contribution < -0.4 is 5.32 Å². The summed E-state index contributed by atoms with van der Waals surface area (Å²) in [6, 6.07) is 10.0. The Morgan fingerprint density at radius 1 is 1.16 bits per heavy atom. The van der Waals surface area contributed by atoms with Gasteiger partial charge in [0.2, 0.25) is 0 Å². The van der Waals surface area contributed by atoms with Crippen LogP contribution in [0.1, 0.15) is 21.5 Å². The highest BCUT2D eigenvalue weighted by atomic mass is 79.9. The molecule has 0 saturated carbocycles. The SMILES string of the molecule is Cc1ccc(C(=O)Nc2ccc(F)c(Br)c2)c(C)c1. The largest absolute Gasteiger partial charge is 0.322 e. The van der Waals surface area contributed by atoms with Crippen LogP contribution in [0.2, 0.25) is 0 Å². The monoisotopic (exact) mass is 321 g/mol. The van der Waals surface area contributed by atoms with E-state index >= 15 is 0 Å². The van der Waals surface area contributed by atoms with Crippen molar-refractivity contribution in [1.29, 1.82) is 0 Å². The average Bonchev–Trinajstić information content (AvgIpc) is 2.33. The van der Waals surface area contributed by atoms with E-state index in [9.17, 15) is 9.18 Å². The highest BCUT2D eigenvalue weighted by Crippen LogP contribution is 2.21. The van der Waals surface area contributed by atoms with Crippen LogP contribution in [-0.4, -0.2) is 5.91 Å². The molecule has 0 aliphatic heterocycles. The van der Waals surface area contributed by atoms with Crippen LogP contribution in [0, 0.1) is 19.7 Å². The minimum Gasteiger partial charge on any atom is -0.322 e. The predicted molar refractivity (Wildman–Crippen MR) is 78.0 cm³/mol. The average molecular weight is 322 g/mol. The fraction of sp³-hybridized carbons (Fsp3) is 0.133. The quantitative estimate of drug-likeness (QED) is 0.869. The van der Waals surface area contributed by atoms with Crippen LogP contribution in [0.3, 0.4) is 0 Å².